The number of benzene rings is 1. The quantitative estimate of drug-likeness (QED) is 0.556. The number of aryl methyl sites for hydroxylation is 1. The van der Waals surface area contributed by atoms with Crippen molar-refractivity contribution in [3.05, 3.63) is 56.7 Å². The van der Waals surface area contributed by atoms with Crippen LogP contribution in [0.1, 0.15) is 5.56 Å². The fourth-order valence-corrected chi connectivity index (χ4v) is 3.76. The number of nitrogens with one attached hydrogen (secondary N) is 2. The van der Waals surface area contributed by atoms with E-state index in [4.69, 9.17) is 4.74 Å². The highest BCUT2D eigenvalue weighted by molar-refractivity contribution is 5.96. The highest BCUT2D eigenvalue weighted by atomic mass is 19.4. The summed E-state index contributed by atoms with van der Waals surface area (Å²) in [4.78, 5) is 44.3. The number of anilines is 3. The number of hydrogen-bond acceptors (Lipinski definition) is 7. The molecule has 13 heteroatoms. The Morgan fingerprint density at radius 3 is 2.37 bits per heavy atom. The van der Waals surface area contributed by atoms with Gasteiger partial charge in [0.05, 0.1) is 31.0 Å². The Morgan fingerprint density at radius 2 is 1.74 bits per heavy atom. The van der Waals surface area contributed by atoms with E-state index in [1.165, 1.54) is 18.7 Å². The predicted octanol–water partition coefficient (Wildman–Crippen LogP) is 1.54. The molecule has 35 heavy (non-hydrogen) atoms. The molecule has 1 saturated heterocycles. The largest absolute Gasteiger partial charge is 0.416 e. The summed E-state index contributed by atoms with van der Waals surface area (Å²) in [7, 11) is 2.85. The molecule has 0 bridgehead atoms. The average Bonchev–Trinajstić information content (AvgIpc) is 2.84. The van der Waals surface area contributed by atoms with Crippen molar-refractivity contribution in [3.63, 3.8) is 0 Å². The molecule has 0 unspecified atom stereocenters. The molecule has 0 spiro atoms. The summed E-state index contributed by atoms with van der Waals surface area (Å²) in [5, 5.41) is 5.57. The molecule has 1 aliphatic heterocycles. The molecule has 0 atom stereocenters. The maximum atomic E-state index is 12.9. The second kappa shape index (κ2) is 9.41. The summed E-state index contributed by atoms with van der Waals surface area (Å²) in [5.41, 5.74) is -1.29. The zero-order valence-corrected chi connectivity index (χ0v) is 19.0. The third kappa shape index (κ3) is 4.99. The zero-order chi connectivity index (χ0) is 25.3. The molecule has 0 aliphatic carbocycles. The Hall–Kier alpha value is -3.87. The van der Waals surface area contributed by atoms with E-state index < -0.39 is 28.9 Å². The maximum absolute atomic E-state index is 12.9. The number of carbonyl (C=O) groups excluding carboxylic acids is 1. The van der Waals surface area contributed by atoms with Crippen LogP contribution in [0.25, 0.3) is 11.0 Å². The highest BCUT2D eigenvalue weighted by Crippen LogP contribution is 2.30. The molecule has 2 N–H and O–H groups in total. The van der Waals surface area contributed by atoms with E-state index in [9.17, 15) is 27.6 Å². The summed E-state index contributed by atoms with van der Waals surface area (Å²) in [6, 6.07) is 5.69. The van der Waals surface area contributed by atoms with Crippen LogP contribution in [0.2, 0.25) is 0 Å². The van der Waals surface area contributed by atoms with Crippen LogP contribution in [0.5, 0.6) is 0 Å². The van der Waals surface area contributed by atoms with Gasteiger partial charge in [0.2, 0.25) is 5.91 Å². The number of rotatable bonds is 5. The number of nitrogens with zero attached hydrogens (tertiary/aromatic N) is 4. The van der Waals surface area contributed by atoms with Gasteiger partial charge >= 0.3 is 11.9 Å². The predicted molar refractivity (Wildman–Crippen MR) is 124 cm³/mol. The summed E-state index contributed by atoms with van der Waals surface area (Å²) in [6.45, 7) is 1.83. The monoisotopic (exact) mass is 492 g/mol. The molecule has 3 aromatic rings. The third-order valence-corrected chi connectivity index (χ3v) is 5.67. The van der Waals surface area contributed by atoms with Gasteiger partial charge in [-0.1, -0.05) is 0 Å². The third-order valence-electron chi connectivity index (χ3n) is 5.67. The van der Waals surface area contributed by atoms with Gasteiger partial charge in [-0.25, -0.2) is 9.78 Å². The van der Waals surface area contributed by atoms with Crippen molar-refractivity contribution < 1.29 is 22.7 Å². The van der Waals surface area contributed by atoms with E-state index in [0.717, 1.165) is 28.8 Å². The molecular formula is C22H23F3N6O4. The first-order chi connectivity index (χ1) is 16.6. The second-order valence-electron chi connectivity index (χ2n) is 8.01. The lowest BCUT2D eigenvalue weighted by Crippen LogP contribution is -2.39. The Kier molecular flexibility index (Phi) is 6.52. The molecule has 0 radical (unpaired) electrons. The van der Waals surface area contributed by atoms with Gasteiger partial charge in [0.1, 0.15) is 11.2 Å². The molecule has 2 aromatic heterocycles. The molecule has 1 aromatic carbocycles. The number of aromatic nitrogens is 3. The van der Waals surface area contributed by atoms with E-state index in [1.807, 2.05) is 4.90 Å². The van der Waals surface area contributed by atoms with E-state index >= 15 is 0 Å². The minimum absolute atomic E-state index is 0.133. The SMILES string of the molecule is Cn1c(=O)c2c(NCC(=O)Nc3ccc(C(F)(F)F)cc3)cc(N3CCOCC3)nc2n(C)c1=O. The number of pyridine rings is 1. The zero-order valence-electron chi connectivity index (χ0n) is 19.0. The first-order valence-electron chi connectivity index (χ1n) is 10.7. The van der Waals surface area contributed by atoms with Crippen LogP contribution < -0.4 is 26.8 Å². The Morgan fingerprint density at radius 1 is 1.09 bits per heavy atom. The molecule has 0 saturated carbocycles. The molecule has 3 heterocycles. The molecule has 1 amide bonds. The van der Waals surface area contributed by atoms with Gasteiger partial charge in [-0.05, 0) is 24.3 Å². The van der Waals surface area contributed by atoms with Gasteiger partial charge in [0.15, 0.2) is 5.65 Å². The standard InChI is InChI=1S/C22H23F3N6O4/c1-29-19-18(20(33)30(2)21(29)34)15(11-16(28-19)31-7-9-35-10-8-31)26-12-17(32)27-14-5-3-13(4-6-14)22(23,24)25/h3-6,11H,7-10,12H2,1-2H3,(H,26,28)(H,27,32). The second-order valence-corrected chi connectivity index (χ2v) is 8.01. The lowest BCUT2D eigenvalue weighted by molar-refractivity contribution is -0.137. The van der Waals surface area contributed by atoms with Crippen molar-refractivity contribution in [2.75, 3.05) is 48.4 Å². The van der Waals surface area contributed by atoms with Crippen LogP contribution in [0.3, 0.4) is 0 Å². The van der Waals surface area contributed by atoms with Crippen molar-refractivity contribution in [1.82, 2.24) is 14.1 Å². The van der Waals surface area contributed by atoms with Gasteiger partial charge < -0.3 is 20.3 Å². The number of halogens is 3. The Labute approximate surface area is 196 Å². The van der Waals surface area contributed by atoms with Gasteiger partial charge in [0.25, 0.3) is 5.56 Å². The van der Waals surface area contributed by atoms with E-state index in [0.29, 0.717) is 37.8 Å². The van der Waals surface area contributed by atoms with E-state index in [-0.39, 0.29) is 23.3 Å². The van der Waals surface area contributed by atoms with Gasteiger partial charge in [0, 0.05) is 38.9 Å². The molecule has 10 nitrogen and oxygen atoms in total. The normalized spacial score (nSPS) is 14.3. The number of fused-ring (bicyclic) bond motifs is 1. The summed E-state index contributed by atoms with van der Waals surface area (Å²) >= 11 is 0. The smallest absolute Gasteiger partial charge is 0.378 e. The summed E-state index contributed by atoms with van der Waals surface area (Å²) in [5.74, 6) is -0.0287. The Balaban J connectivity index is 1.62. The van der Waals surface area contributed by atoms with Crippen LogP contribution in [0, 0.1) is 0 Å². The molecule has 4 rings (SSSR count). The number of amides is 1. The number of alkyl halides is 3. The van der Waals surface area contributed by atoms with Crippen LogP contribution in [0.4, 0.5) is 30.4 Å². The highest BCUT2D eigenvalue weighted by Gasteiger charge is 2.30. The molecule has 186 valence electrons. The average molecular weight is 492 g/mol. The summed E-state index contributed by atoms with van der Waals surface area (Å²) in [6.07, 6.45) is -4.48. The molecular weight excluding hydrogens is 469 g/mol. The van der Waals surface area contributed by atoms with Crippen molar-refractivity contribution in [1.29, 1.82) is 0 Å². The van der Waals surface area contributed by atoms with Crippen molar-refractivity contribution >= 4 is 34.1 Å². The van der Waals surface area contributed by atoms with Gasteiger partial charge in [-0.15, -0.1) is 0 Å². The number of hydrogen-bond donors (Lipinski definition) is 2. The number of carbonyl (C=O) groups is 1. The van der Waals surface area contributed by atoms with Crippen molar-refractivity contribution in [2.45, 2.75) is 6.18 Å². The topological polar surface area (TPSA) is 110 Å². The fourth-order valence-electron chi connectivity index (χ4n) is 3.76. The first kappa shape index (κ1) is 24.3. The number of morpholine rings is 1. The van der Waals surface area contributed by atoms with Crippen LogP contribution >= 0.6 is 0 Å². The fraction of sp³-hybridized carbons (Fsp3) is 0.364. The molecule has 1 fully saturated rings. The van der Waals surface area contributed by atoms with Gasteiger partial charge in [-0.2, -0.15) is 13.2 Å². The Bertz CT molecular complexity index is 1380. The molecule has 1 aliphatic rings. The van der Waals surface area contributed by atoms with E-state index in [1.54, 1.807) is 6.07 Å². The van der Waals surface area contributed by atoms with E-state index in [2.05, 4.69) is 15.6 Å². The summed E-state index contributed by atoms with van der Waals surface area (Å²) < 4.78 is 45.8. The first-order valence-corrected chi connectivity index (χ1v) is 10.7. The van der Waals surface area contributed by atoms with Crippen molar-refractivity contribution in [3.8, 4) is 0 Å². The lowest BCUT2D eigenvalue weighted by Gasteiger charge is -2.28. The lowest BCUT2D eigenvalue weighted by atomic mass is 10.2. The minimum Gasteiger partial charge on any atom is -0.378 e. The number of ether oxygens (including phenoxy) is 1. The van der Waals surface area contributed by atoms with Crippen molar-refractivity contribution in [2.24, 2.45) is 14.1 Å². The maximum Gasteiger partial charge on any atom is 0.416 e. The van der Waals surface area contributed by atoms with Crippen LogP contribution in [0.15, 0.2) is 39.9 Å². The van der Waals surface area contributed by atoms with Crippen LogP contribution in [-0.4, -0.2) is 52.9 Å². The minimum atomic E-state index is -4.48. The van der Waals surface area contributed by atoms with Gasteiger partial charge in [-0.3, -0.25) is 18.7 Å². The van der Waals surface area contributed by atoms with Crippen LogP contribution in [-0.2, 0) is 29.8 Å².